The van der Waals surface area contributed by atoms with Gasteiger partial charge in [-0.1, -0.05) is 0 Å². The molecular formula is C16H19NO5S. The first-order valence-electron chi connectivity index (χ1n) is 7.47. The van der Waals surface area contributed by atoms with Crippen molar-refractivity contribution in [1.82, 2.24) is 5.32 Å². The average Bonchev–Trinajstić information content (AvgIpc) is 2.83. The van der Waals surface area contributed by atoms with Crippen LogP contribution in [0.4, 0.5) is 0 Å². The number of rotatable bonds is 3. The highest BCUT2D eigenvalue weighted by Crippen LogP contribution is 2.29. The van der Waals surface area contributed by atoms with Gasteiger partial charge in [-0.25, -0.2) is 13.2 Å². The quantitative estimate of drug-likeness (QED) is 0.822. The predicted octanol–water partition coefficient (Wildman–Crippen LogP) is 1.39. The summed E-state index contributed by atoms with van der Waals surface area (Å²) in [5, 5.41) is 14.0. The second-order valence-corrected chi connectivity index (χ2v) is 8.29. The van der Waals surface area contributed by atoms with Gasteiger partial charge in [0.25, 0.3) is 0 Å². The van der Waals surface area contributed by atoms with E-state index in [0.717, 1.165) is 10.9 Å². The summed E-state index contributed by atoms with van der Waals surface area (Å²) in [6.07, 6.45) is 0.552. The Kier molecular flexibility index (Phi) is 3.93. The van der Waals surface area contributed by atoms with Gasteiger partial charge in [0.05, 0.1) is 17.1 Å². The maximum absolute atomic E-state index is 11.9. The summed E-state index contributed by atoms with van der Waals surface area (Å²) in [6, 6.07) is 3.14. The molecule has 124 valence electrons. The van der Waals surface area contributed by atoms with Crippen LogP contribution in [0.1, 0.15) is 23.1 Å². The van der Waals surface area contributed by atoms with Gasteiger partial charge in [0, 0.05) is 23.5 Å². The molecule has 1 aromatic heterocycles. The summed E-state index contributed by atoms with van der Waals surface area (Å²) >= 11 is 0. The lowest BCUT2D eigenvalue weighted by molar-refractivity contribution is 0.455. The molecular weight excluding hydrogens is 318 g/mol. The predicted molar refractivity (Wildman–Crippen MR) is 87.5 cm³/mol. The Hall–Kier alpha value is -1.86. The number of fused-ring (bicyclic) bond motifs is 1. The molecule has 1 aliphatic heterocycles. The Balaban J connectivity index is 1.97. The standard InChI is InChI=1S/C16H19NO5S/c1-9-10(2)16(19)22-15-12(9)3-4-14(18)13(15)7-17-11-5-6-23(20,21)8-11/h3-4,11,17-18H,5-8H2,1-2H3/t11-/m1/s1. The van der Waals surface area contributed by atoms with Crippen molar-refractivity contribution in [3.8, 4) is 5.75 Å². The molecule has 0 bridgehead atoms. The lowest BCUT2D eigenvalue weighted by Crippen LogP contribution is -2.29. The topological polar surface area (TPSA) is 96.6 Å². The molecule has 0 amide bonds. The number of aryl methyl sites for hydroxylation is 1. The van der Waals surface area contributed by atoms with Gasteiger partial charge in [0.15, 0.2) is 9.84 Å². The Bertz CT molecular complexity index is 930. The number of hydrogen-bond donors (Lipinski definition) is 2. The largest absolute Gasteiger partial charge is 0.507 e. The first kappa shape index (κ1) is 16.0. The Labute approximate surface area is 134 Å². The van der Waals surface area contributed by atoms with Crippen LogP contribution in [-0.4, -0.2) is 31.1 Å². The number of aromatic hydroxyl groups is 1. The third-order valence-corrected chi connectivity index (χ3v) is 6.27. The minimum Gasteiger partial charge on any atom is -0.507 e. The van der Waals surface area contributed by atoms with Gasteiger partial charge < -0.3 is 14.8 Å². The molecule has 6 nitrogen and oxygen atoms in total. The number of hydrogen-bond acceptors (Lipinski definition) is 6. The van der Waals surface area contributed by atoms with Crippen LogP contribution in [0.3, 0.4) is 0 Å². The van der Waals surface area contributed by atoms with Gasteiger partial charge in [0.1, 0.15) is 11.3 Å². The molecule has 0 radical (unpaired) electrons. The van der Waals surface area contributed by atoms with Crippen molar-refractivity contribution in [2.75, 3.05) is 11.5 Å². The number of benzene rings is 1. The van der Waals surface area contributed by atoms with Crippen molar-refractivity contribution >= 4 is 20.8 Å². The van der Waals surface area contributed by atoms with E-state index < -0.39 is 15.5 Å². The van der Waals surface area contributed by atoms with Crippen LogP contribution in [0.25, 0.3) is 11.0 Å². The van der Waals surface area contributed by atoms with Gasteiger partial charge in [-0.05, 0) is 38.0 Å². The van der Waals surface area contributed by atoms with Crippen LogP contribution < -0.4 is 10.9 Å². The summed E-state index contributed by atoms with van der Waals surface area (Å²) in [4.78, 5) is 11.9. The van der Waals surface area contributed by atoms with Gasteiger partial charge in [0.2, 0.25) is 0 Å². The zero-order chi connectivity index (χ0) is 16.8. The number of phenols is 1. The molecule has 2 aromatic rings. The van der Waals surface area contributed by atoms with Gasteiger partial charge in [-0.3, -0.25) is 0 Å². The van der Waals surface area contributed by atoms with E-state index in [0.29, 0.717) is 23.1 Å². The first-order chi connectivity index (χ1) is 10.8. The molecule has 1 atom stereocenters. The fourth-order valence-electron chi connectivity index (χ4n) is 2.93. The van der Waals surface area contributed by atoms with Crippen molar-refractivity contribution in [1.29, 1.82) is 0 Å². The summed E-state index contributed by atoms with van der Waals surface area (Å²) in [7, 11) is -2.97. The van der Waals surface area contributed by atoms with Crippen molar-refractivity contribution < 1.29 is 17.9 Å². The van der Waals surface area contributed by atoms with Crippen LogP contribution in [0.2, 0.25) is 0 Å². The highest BCUT2D eigenvalue weighted by Gasteiger charge is 2.27. The molecule has 1 aliphatic rings. The van der Waals surface area contributed by atoms with Gasteiger partial charge in [-0.15, -0.1) is 0 Å². The number of nitrogens with one attached hydrogen (secondary N) is 1. The Morgan fingerprint density at radius 3 is 2.70 bits per heavy atom. The van der Waals surface area contributed by atoms with E-state index in [1.54, 1.807) is 19.1 Å². The maximum atomic E-state index is 11.9. The highest BCUT2D eigenvalue weighted by molar-refractivity contribution is 7.91. The van der Waals surface area contributed by atoms with Crippen LogP contribution in [-0.2, 0) is 16.4 Å². The maximum Gasteiger partial charge on any atom is 0.339 e. The van der Waals surface area contributed by atoms with E-state index in [1.807, 2.05) is 6.92 Å². The molecule has 7 heteroatoms. The smallest absolute Gasteiger partial charge is 0.339 e. The average molecular weight is 337 g/mol. The molecule has 2 N–H and O–H groups in total. The van der Waals surface area contributed by atoms with E-state index >= 15 is 0 Å². The van der Waals surface area contributed by atoms with Crippen molar-refractivity contribution in [3.63, 3.8) is 0 Å². The lowest BCUT2D eigenvalue weighted by Gasteiger charge is -2.14. The molecule has 0 spiro atoms. The highest BCUT2D eigenvalue weighted by atomic mass is 32.2. The zero-order valence-corrected chi connectivity index (χ0v) is 13.9. The summed E-state index contributed by atoms with van der Waals surface area (Å²) in [5.41, 5.74) is 1.77. The van der Waals surface area contributed by atoms with E-state index in [4.69, 9.17) is 4.42 Å². The van der Waals surface area contributed by atoms with Crippen molar-refractivity contribution in [2.24, 2.45) is 0 Å². The van der Waals surface area contributed by atoms with E-state index in [9.17, 15) is 18.3 Å². The molecule has 0 saturated carbocycles. The van der Waals surface area contributed by atoms with Crippen LogP contribution in [0, 0.1) is 13.8 Å². The molecule has 0 unspecified atom stereocenters. The molecule has 0 aliphatic carbocycles. The summed E-state index contributed by atoms with van der Waals surface area (Å²) < 4.78 is 28.4. The monoisotopic (exact) mass is 337 g/mol. The van der Waals surface area contributed by atoms with Crippen LogP contribution in [0.15, 0.2) is 21.3 Å². The van der Waals surface area contributed by atoms with E-state index in [2.05, 4.69) is 5.32 Å². The molecule has 23 heavy (non-hydrogen) atoms. The number of phenolic OH excluding ortho intramolecular Hbond substituents is 1. The minimum atomic E-state index is -2.97. The van der Waals surface area contributed by atoms with Gasteiger partial charge in [-0.2, -0.15) is 0 Å². The molecule has 1 fully saturated rings. The van der Waals surface area contributed by atoms with Crippen LogP contribution in [0.5, 0.6) is 5.75 Å². The molecule has 1 aromatic carbocycles. The minimum absolute atomic E-state index is 0.0252. The van der Waals surface area contributed by atoms with E-state index in [-0.39, 0.29) is 29.8 Å². The van der Waals surface area contributed by atoms with E-state index in [1.165, 1.54) is 0 Å². The second-order valence-electron chi connectivity index (χ2n) is 6.06. The van der Waals surface area contributed by atoms with Gasteiger partial charge >= 0.3 is 5.63 Å². The normalized spacial score (nSPS) is 20.2. The fourth-order valence-corrected chi connectivity index (χ4v) is 4.63. The van der Waals surface area contributed by atoms with Crippen LogP contribution >= 0.6 is 0 Å². The molecule has 2 heterocycles. The SMILES string of the molecule is Cc1c(C)c2ccc(O)c(CN[C@@H]3CCS(=O)(=O)C3)c2oc1=O. The zero-order valence-electron chi connectivity index (χ0n) is 13.0. The summed E-state index contributed by atoms with van der Waals surface area (Å²) in [5.74, 6) is 0.303. The first-order valence-corrected chi connectivity index (χ1v) is 9.29. The summed E-state index contributed by atoms with van der Waals surface area (Å²) in [6.45, 7) is 3.79. The van der Waals surface area contributed by atoms with Crippen molar-refractivity contribution in [2.45, 2.75) is 32.9 Å². The third-order valence-electron chi connectivity index (χ3n) is 4.50. The van der Waals surface area contributed by atoms with Crippen molar-refractivity contribution in [3.05, 3.63) is 39.2 Å². The molecule has 1 saturated heterocycles. The number of sulfone groups is 1. The lowest BCUT2D eigenvalue weighted by atomic mass is 10.0. The third kappa shape index (κ3) is 2.98. The molecule has 3 rings (SSSR count). The Morgan fingerprint density at radius 1 is 1.30 bits per heavy atom. The Morgan fingerprint density at radius 2 is 2.04 bits per heavy atom. The second kappa shape index (κ2) is 5.65. The fraction of sp³-hybridized carbons (Fsp3) is 0.438.